The van der Waals surface area contributed by atoms with Gasteiger partial charge in [0.25, 0.3) is 0 Å². The van der Waals surface area contributed by atoms with Crippen LogP contribution in [0.1, 0.15) is 33.6 Å². The van der Waals surface area contributed by atoms with E-state index in [2.05, 4.69) is 26.1 Å². The Kier molecular flexibility index (Phi) is 2.73. The van der Waals surface area contributed by atoms with E-state index in [9.17, 15) is 4.21 Å². The third kappa shape index (κ3) is 1.76. The summed E-state index contributed by atoms with van der Waals surface area (Å²) in [5, 5.41) is 4.03. The number of rotatable bonds is 0. The van der Waals surface area contributed by atoms with Crippen molar-refractivity contribution in [3.8, 4) is 0 Å². The fourth-order valence-corrected chi connectivity index (χ4v) is 4.90. The largest absolute Gasteiger partial charge is 0.312 e. The SMILES string of the molecule is CC1CNC2C(CCC2(C)C)S(=O)C1. The number of nitrogens with one attached hydrogen (secondary N) is 1. The monoisotopic (exact) mass is 215 g/mol. The summed E-state index contributed by atoms with van der Waals surface area (Å²) in [5.74, 6) is 1.46. The van der Waals surface area contributed by atoms with Crippen molar-refractivity contribution in [3.05, 3.63) is 0 Å². The Labute approximate surface area is 89.3 Å². The van der Waals surface area contributed by atoms with Gasteiger partial charge < -0.3 is 5.32 Å². The Morgan fingerprint density at radius 2 is 2.14 bits per heavy atom. The van der Waals surface area contributed by atoms with E-state index < -0.39 is 10.8 Å². The molecule has 0 aromatic carbocycles. The van der Waals surface area contributed by atoms with Gasteiger partial charge in [0, 0.05) is 22.6 Å². The Morgan fingerprint density at radius 3 is 2.86 bits per heavy atom. The molecule has 4 unspecified atom stereocenters. The molecule has 2 fully saturated rings. The third-order valence-corrected chi connectivity index (χ3v) is 5.84. The molecular formula is C11H21NOS. The summed E-state index contributed by atoms with van der Waals surface area (Å²) in [6.45, 7) is 7.84. The maximum atomic E-state index is 12.1. The lowest BCUT2D eigenvalue weighted by Crippen LogP contribution is -2.44. The molecular weight excluding hydrogens is 194 g/mol. The molecule has 2 rings (SSSR count). The van der Waals surface area contributed by atoms with Crippen molar-refractivity contribution < 1.29 is 4.21 Å². The van der Waals surface area contributed by atoms with Crippen LogP contribution in [-0.2, 0) is 10.8 Å². The van der Waals surface area contributed by atoms with Gasteiger partial charge in [0.2, 0.25) is 0 Å². The van der Waals surface area contributed by atoms with Crippen molar-refractivity contribution in [2.24, 2.45) is 11.3 Å². The normalized spacial score (nSPS) is 47.1. The van der Waals surface area contributed by atoms with Crippen molar-refractivity contribution in [1.29, 1.82) is 0 Å². The van der Waals surface area contributed by atoms with Crippen LogP contribution in [-0.4, -0.2) is 27.8 Å². The Morgan fingerprint density at radius 1 is 1.43 bits per heavy atom. The highest BCUT2D eigenvalue weighted by Gasteiger charge is 2.45. The lowest BCUT2D eigenvalue weighted by Gasteiger charge is -2.29. The summed E-state index contributed by atoms with van der Waals surface area (Å²) < 4.78 is 12.1. The summed E-state index contributed by atoms with van der Waals surface area (Å²) in [5.41, 5.74) is 0.338. The minimum Gasteiger partial charge on any atom is -0.312 e. The van der Waals surface area contributed by atoms with E-state index in [1.807, 2.05) is 0 Å². The standard InChI is InChI=1S/C11H21NOS/c1-8-6-12-10-9(14(13)7-8)4-5-11(10,2)3/h8-10,12H,4-7H2,1-3H3. The van der Waals surface area contributed by atoms with Gasteiger partial charge in [-0.15, -0.1) is 0 Å². The number of hydrogen-bond donors (Lipinski definition) is 1. The van der Waals surface area contributed by atoms with Crippen LogP contribution in [0.25, 0.3) is 0 Å². The Balaban J connectivity index is 2.19. The van der Waals surface area contributed by atoms with Crippen LogP contribution in [0.4, 0.5) is 0 Å². The molecule has 0 radical (unpaired) electrons. The molecule has 0 bridgehead atoms. The van der Waals surface area contributed by atoms with E-state index in [0.29, 0.717) is 22.6 Å². The molecule has 4 atom stereocenters. The molecule has 1 saturated carbocycles. The molecule has 2 aliphatic rings. The van der Waals surface area contributed by atoms with Gasteiger partial charge in [-0.1, -0.05) is 20.8 Å². The van der Waals surface area contributed by atoms with Crippen LogP contribution in [0.15, 0.2) is 0 Å². The smallest absolute Gasteiger partial charge is 0.0506 e. The van der Waals surface area contributed by atoms with Gasteiger partial charge in [0.15, 0.2) is 0 Å². The topological polar surface area (TPSA) is 29.1 Å². The molecule has 0 amide bonds. The minimum atomic E-state index is -0.602. The van der Waals surface area contributed by atoms with Crippen LogP contribution in [0.3, 0.4) is 0 Å². The first-order valence-electron chi connectivity index (χ1n) is 5.61. The predicted molar refractivity (Wildman–Crippen MR) is 60.8 cm³/mol. The van der Waals surface area contributed by atoms with Gasteiger partial charge in [-0.2, -0.15) is 0 Å². The zero-order valence-corrected chi connectivity index (χ0v) is 10.2. The van der Waals surface area contributed by atoms with Crippen LogP contribution in [0, 0.1) is 11.3 Å². The molecule has 1 N–H and O–H groups in total. The first-order chi connectivity index (χ1) is 6.50. The third-order valence-electron chi connectivity index (χ3n) is 3.76. The molecule has 1 aliphatic heterocycles. The fourth-order valence-electron chi connectivity index (χ4n) is 2.82. The zero-order chi connectivity index (χ0) is 10.3. The summed E-state index contributed by atoms with van der Waals surface area (Å²) >= 11 is 0. The van der Waals surface area contributed by atoms with Crippen molar-refractivity contribution in [3.63, 3.8) is 0 Å². The summed E-state index contributed by atoms with van der Waals surface area (Å²) in [7, 11) is -0.602. The summed E-state index contributed by atoms with van der Waals surface area (Å²) in [6, 6.07) is 0.480. The van der Waals surface area contributed by atoms with E-state index in [1.165, 1.54) is 6.42 Å². The molecule has 1 saturated heterocycles. The maximum absolute atomic E-state index is 12.1. The second-order valence-corrected chi connectivity index (χ2v) is 7.30. The minimum absolute atomic E-state index is 0.338. The van der Waals surface area contributed by atoms with Crippen LogP contribution >= 0.6 is 0 Å². The van der Waals surface area contributed by atoms with Crippen molar-refractivity contribution >= 4 is 10.8 Å². The first-order valence-corrected chi connectivity index (χ1v) is 6.99. The van der Waals surface area contributed by atoms with Crippen LogP contribution < -0.4 is 5.32 Å². The van der Waals surface area contributed by atoms with Crippen LogP contribution in [0.5, 0.6) is 0 Å². The predicted octanol–water partition coefficient (Wildman–Crippen LogP) is 1.53. The van der Waals surface area contributed by atoms with Crippen molar-refractivity contribution in [2.75, 3.05) is 12.3 Å². The average molecular weight is 215 g/mol. The van der Waals surface area contributed by atoms with Crippen molar-refractivity contribution in [1.82, 2.24) is 5.32 Å². The Bertz CT molecular complexity index is 252. The molecule has 82 valence electrons. The highest BCUT2D eigenvalue weighted by atomic mass is 32.2. The van der Waals surface area contributed by atoms with Gasteiger partial charge in [-0.05, 0) is 30.7 Å². The second kappa shape index (κ2) is 3.60. The van der Waals surface area contributed by atoms with Crippen LogP contribution in [0.2, 0.25) is 0 Å². The van der Waals surface area contributed by atoms with Gasteiger partial charge in [0.05, 0.1) is 5.25 Å². The summed E-state index contributed by atoms with van der Waals surface area (Å²) in [4.78, 5) is 0. The highest BCUT2D eigenvalue weighted by molar-refractivity contribution is 7.85. The van der Waals surface area contributed by atoms with E-state index in [4.69, 9.17) is 0 Å². The van der Waals surface area contributed by atoms with E-state index in [-0.39, 0.29) is 0 Å². The molecule has 0 aromatic heterocycles. The van der Waals surface area contributed by atoms with Gasteiger partial charge in [0.1, 0.15) is 0 Å². The van der Waals surface area contributed by atoms with Gasteiger partial charge >= 0.3 is 0 Å². The molecule has 2 nitrogen and oxygen atoms in total. The zero-order valence-electron chi connectivity index (χ0n) is 9.38. The quantitative estimate of drug-likeness (QED) is 0.664. The number of hydrogen-bond acceptors (Lipinski definition) is 2. The highest BCUT2D eigenvalue weighted by Crippen LogP contribution is 2.41. The lowest BCUT2D eigenvalue weighted by molar-refractivity contribution is 0.282. The first kappa shape index (κ1) is 10.6. The molecule has 1 heterocycles. The fraction of sp³-hybridized carbons (Fsp3) is 1.00. The molecule has 0 aromatic rings. The summed E-state index contributed by atoms with van der Waals surface area (Å²) in [6.07, 6.45) is 2.36. The van der Waals surface area contributed by atoms with E-state index >= 15 is 0 Å². The Hall–Kier alpha value is 0.110. The van der Waals surface area contributed by atoms with Gasteiger partial charge in [-0.25, -0.2) is 0 Å². The van der Waals surface area contributed by atoms with Gasteiger partial charge in [-0.3, -0.25) is 4.21 Å². The van der Waals surface area contributed by atoms with Crippen molar-refractivity contribution in [2.45, 2.75) is 44.9 Å². The lowest BCUT2D eigenvalue weighted by atomic mass is 9.87. The number of fused-ring (bicyclic) bond motifs is 1. The maximum Gasteiger partial charge on any atom is 0.0506 e. The molecule has 3 heteroatoms. The molecule has 0 spiro atoms. The average Bonchev–Trinajstić information content (AvgIpc) is 2.28. The van der Waals surface area contributed by atoms with E-state index in [1.54, 1.807) is 0 Å². The molecule has 14 heavy (non-hydrogen) atoms. The molecule has 1 aliphatic carbocycles. The van der Waals surface area contributed by atoms with E-state index in [0.717, 1.165) is 18.7 Å². The second-order valence-electron chi connectivity index (χ2n) is 5.60.